The lowest BCUT2D eigenvalue weighted by molar-refractivity contribution is -0.118. The molecule has 98 valence electrons. The summed E-state index contributed by atoms with van der Waals surface area (Å²) in [7, 11) is 0. The zero-order valence-corrected chi connectivity index (χ0v) is 11.7. The van der Waals surface area contributed by atoms with Crippen LogP contribution in [0.1, 0.15) is 39.5 Å². The standard InChI is InChI=1S/C7H13N.C6H11NO.2B/c1-6(2)7-4-3-5-8-7;1-5(8)6-3-2-4-7-6;;/h7-8H,1,3-5H2,2H3;6-7H,2-4H2,1H3;;. The lowest BCUT2D eigenvalue weighted by Crippen LogP contribution is -2.28. The van der Waals surface area contributed by atoms with Gasteiger partial charge in [0.05, 0.1) is 6.04 Å². The lowest BCUT2D eigenvalue weighted by Gasteiger charge is -2.06. The predicted octanol–water partition coefficient (Wildman–Crippen LogP) is 0.880. The van der Waals surface area contributed by atoms with Crippen molar-refractivity contribution in [2.45, 2.75) is 51.6 Å². The Morgan fingerprint density at radius 2 is 1.44 bits per heavy atom. The first kappa shape index (κ1) is 19.8. The van der Waals surface area contributed by atoms with Gasteiger partial charge >= 0.3 is 0 Å². The largest absolute Gasteiger partial charge is 0.310 e. The van der Waals surface area contributed by atoms with Gasteiger partial charge in [0.2, 0.25) is 0 Å². The number of carbonyl (C=O) groups is 1. The van der Waals surface area contributed by atoms with Crippen molar-refractivity contribution in [1.29, 1.82) is 0 Å². The van der Waals surface area contributed by atoms with Crippen LogP contribution in [0, 0.1) is 0 Å². The molecule has 2 unspecified atom stereocenters. The molecule has 0 aromatic rings. The Labute approximate surface area is 115 Å². The van der Waals surface area contributed by atoms with Crippen molar-refractivity contribution in [3.8, 4) is 0 Å². The van der Waals surface area contributed by atoms with E-state index in [2.05, 4.69) is 24.1 Å². The van der Waals surface area contributed by atoms with E-state index in [1.165, 1.54) is 25.0 Å². The SMILES string of the molecule is C=C(C)C1CCCN1.CC(=O)C1CCCN1.[B].[B]. The van der Waals surface area contributed by atoms with E-state index in [0.29, 0.717) is 6.04 Å². The van der Waals surface area contributed by atoms with Crippen LogP contribution in [0.25, 0.3) is 0 Å². The topological polar surface area (TPSA) is 41.1 Å². The first-order chi connectivity index (χ1) is 7.61. The molecular weight excluding hydrogens is 222 g/mol. The summed E-state index contributed by atoms with van der Waals surface area (Å²) < 4.78 is 0. The maximum absolute atomic E-state index is 10.6. The minimum atomic E-state index is 0. The highest BCUT2D eigenvalue weighted by atomic mass is 16.1. The molecule has 0 amide bonds. The van der Waals surface area contributed by atoms with Crippen LogP contribution < -0.4 is 10.6 Å². The van der Waals surface area contributed by atoms with E-state index in [1.54, 1.807) is 6.92 Å². The molecule has 2 heterocycles. The second-order valence-electron chi connectivity index (χ2n) is 4.75. The zero-order chi connectivity index (χ0) is 12.0. The van der Waals surface area contributed by atoms with E-state index < -0.39 is 0 Å². The highest BCUT2D eigenvalue weighted by Gasteiger charge is 2.17. The van der Waals surface area contributed by atoms with E-state index in [0.717, 1.165) is 19.4 Å². The molecule has 5 heteroatoms. The van der Waals surface area contributed by atoms with Crippen molar-refractivity contribution >= 4 is 22.6 Å². The summed E-state index contributed by atoms with van der Waals surface area (Å²) in [4.78, 5) is 10.6. The molecule has 2 atom stereocenters. The Morgan fingerprint density at radius 3 is 1.61 bits per heavy atom. The molecule has 0 aromatic carbocycles. The molecule has 3 nitrogen and oxygen atoms in total. The Morgan fingerprint density at radius 1 is 1.00 bits per heavy atom. The average molecular weight is 246 g/mol. The van der Waals surface area contributed by atoms with Crippen LogP contribution in [0.5, 0.6) is 0 Å². The maximum Gasteiger partial charge on any atom is 0.146 e. The highest BCUT2D eigenvalue weighted by Crippen LogP contribution is 2.10. The van der Waals surface area contributed by atoms with Crippen molar-refractivity contribution in [3.05, 3.63) is 12.2 Å². The highest BCUT2D eigenvalue weighted by molar-refractivity contribution is 5.81. The summed E-state index contributed by atoms with van der Waals surface area (Å²) in [5.41, 5.74) is 1.28. The Bertz CT molecular complexity index is 221. The normalized spacial score (nSPS) is 25.2. The van der Waals surface area contributed by atoms with Gasteiger partial charge in [-0.1, -0.05) is 12.2 Å². The number of carbonyl (C=O) groups excluding carboxylic acids is 1. The predicted molar refractivity (Wildman–Crippen MR) is 79.1 cm³/mol. The van der Waals surface area contributed by atoms with Gasteiger partial charge in [-0.15, -0.1) is 0 Å². The van der Waals surface area contributed by atoms with E-state index in [1.807, 2.05) is 0 Å². The summed E-state index contributed by atoms with van der Waals surface area (Å²) in [6, 6.07) is 0.796. The van der Waals surface area contributed by atoms with Crippen LogP contribution >= 0.6 is 0 Å². The van der Waals surface area contributed by atoms with Gasteiger partial charge in [-0.05, 0) is 52.6 Å². The van der Waals surface area contributed by atoms with Crippen molar-refractivity contribution in [2.24, 2.45) is 0 Å². The van der Waals surface area contributed by atoms with Crippen LogP contribution in [0.2, 0.25) is 0 Å². The van der Waals surface area contributed by atoms with Gasteiger partial charge < -0.3 is 10.6 Å². The van der Waals surface area contributed by atoms with E-state index in [4.69, 9.17) is 0 Å². The second kappa shape index (κ2) is 10.4. The number of hydrogen-bond acceptors (Lipinski definition) is 3. The van der Waals surface area contributed by atoms with Crippen molar-refractivity contribution < 1.29 is 4.79 Å². The number of hydrogen-bond donors (Lipinski definition) is 2. The second-order valence-corrected chi connectivity index (χ2v) is 4.75. The van der Waals surface area contributed by atoms with Gasteiger partial charge in [0.1, 0.15) is 5.78 Å². The van der Waals surface area contributed by atoms with Gasteiger partial charge in [-0.25, -0.2) is 0 Å². The lowest BCUT2D eigenvalue weighted by atomic mass is 10.1. The van der Waals surface area contributed by atoms with E-state index >= 15 is 0 Å². The molecule has 0 saturated carbocycles. The van der Waals surface area contributed by atoms with Crippen LogP contribution in [-0.2, 0) is 4.79 Å². The van der Waals surface area contributed by atoms with E-state index in [-0.39, 0.29) is 28.7 Å². The summed E-state index contributed by atoms with van der Waals surface area (Å²) in [5, 5.41) is 6.46. The van der Waals surface area contributed by atoms with Gasteiger partial charge in [0, 0.05) is 22.9 Å². The molecule has 6 radical (unpaired) electrons. The van der Waals surface area contributed by atoms with Crippen LogP contribution in [0.4, 0.5) is 0 Å². The van der Waals surface area contributed by atoms with Gasteiger partial charge in [-0.3, -0.25) is 4.79 Å². The first-order valence-corrected chi connectivity index (χ1v) is 6.24. The number of ketones is 1. The minimum absolute atomic E-state index is 0. The molecule has 18 heavy (non-hydrogen) atoms. The van der Waals surface area contributed by atoms with Gasteiger partial charge in [-0.2, -0.15) is 0 Å². The zero-order valence-electron chi connectivity index (χ0n) is 11.7. The number of rotatable bonds is 2. The molecule has 0 spiro atoms. The number of Topliss-reactive ketones (excluding diaryl/α,β-unsaturated/α-hetero) is 1. The molecular formula is C13H24B2N2O. The van der Waals surface area contributed by atoms with Crippen molar-refractivity contribution in [1.82, 2.24) is 10.6 Å². The Hall–Kier alpha value is -0.540. The van der Waals surface area contributed by atoms with Crippen LogP contribution in [0.15, 0.2) is 12.2 Å². The summed E-state index contributed by atoms with van der Waals surface area (Å²) in [6.45, 7) is 9.80. The Kier molecular flexibility index (Phi) is 11.4. The monoisotopic (exact) mass is 246 g/mol. The fourth-order valence-corrected chi connectivity index (χ4v) is 2.14. The number of nitrogens with one attached hydrogen (secondary N) is 2. The van der Waals surface area contributed by atoms with Crippen molar-refractivity contribution in [2.75, 3.05) is 13.1 Å². The molecule has 2 aliphatic heterocycles. The quantitative estimate of drug-likeness (QED) is 0.561. The average Bonchev–Trinajstić information content (AvgIpc) is 2.93. The van der Waals surface area contributed by atoms with Gasteiger partial charge in [0.15, 0.2) is 0 Å². The van der Waals surface area contributed by atoms with Crippen LogP contribution in [0.3, 0.4) is 0 Å². The van der Waals surface area contributed by atoms with Crippen molar-refractivity contribution in [3.63, 3.8) is 0 Å². The minimum Gasteiger partial charge on any atom is -0.310 e. The van der Waals surface area contributed by atoms with E-state index in [9.17, 15) is 4.79 Å². The summed E-state index contributed by atoms with van der Waals surface area (Å²) in [6.07, 6.45) is 4.80. The molecule has 0 aromatic heterocycles. The molecule has 2 N–H and O–H groups in total. The molecule has 2 rings (SSSR count). The summed E-state index contributed by atoms with van der Waals surface area (Å²) >= 11 is 0. The molecule has 2 saturated heterocycles. The summed E-state index contributed by atoms with van der Waals surface area (Å²) in [5.74, 6) is 0.280. The third kappa shape index (κ3) is 7.02. The maximum atomic E-state index is 10.6. The molecule has 0 aliphatic carbocycles. The molecule has 2 fully saturated rings. The smallest absolute Gasteiger partial charge is 0.146 e. The molecule has 2 aliphatic rings. The fraction of sp³-hybridized carbons (Fsp3) is 0.769. The Balaban J connectivity index is 0. The third-order valence-electron chi connectivity index (χ3n) is 3.21. The first-order valence-electron chi connectivity index (χ1n) is 6.24. The fourth-order valence-electron chi connectivity index (χ4n) is 2.14. The third-order valence-corrected chi connectivity index (χ3v) is 3.21. The van der Waals surface area contributed by atoms with Crippen LogP contribution in [-0.4, -0.2) is 47.8 Å². The molecule has 0 bridgehead atoms. The van der Waals surface area contributed by atoms with Gasteiger partial charge in [0.25, 0.3) is 0 Å².